The van der Waals surface area contributed by atoms with Crippen LogP contribution in [0.5, 0.6) is 11.5 Å². The smallest absolute Gasteiger partial charge is 0.176 e. The number of rotatable bonds is 7. The van der Waals surface area contributed by atoms with Crippen molar-refractivity contribution in [2.75, 3.05) is 38.7 Å². The summed E-state index contributed by atoms with van der Waals surface area (Å²) in [5.74, 6) is 1.75. The zero-order chi connectivity index (χ0) is 16.8. The number of benzene rings is 2. The van der Waals surface area contributed by atoms with Gasteiger partial charge in [-0.15, -0.1) is 0 Å². The molecule has 0 unspecified atom stereocenters. The Hall–Kier alpha value is -2.53. The molecule has 0 fully saturated rings. The molecular formula is C19H22N2O3. The summed E-state index contributed by atoms with van der Waals surface area (Å²) < 4.78 is 10.7. The van der Waals surface area contributed by atoms with Crippen LogP contribution in [-0.4, -0.2) is 39.1 Å². The van der Waals surface area contributed by atoms with Gasteiger partial charge in [-0.3, -0.25) is 4.79 Å². The van der Waals surface area contributed by atoms with E-state index in [1.54, 1.807) is 7.11 Å². The first kappa shape index (κ1) is 16.3. The van der Waals surface area contributed by atoms with Crippen LogP contribution < -0.4 is 20.1 Å². The molecule has 1 heterocycles. The number of nitrogens with one attached hydrogen (secondary N) is 2. The van der Waals surface area contributed by atoms with Gasteiger partial charge in [0.25, 0.3) is 0 Å². The Morgan fingerprint density at radius 2 is 2.08 bits per heavy atom. The van der Waals surface area contributed by atoms with Gasteiger partial charge in [0, 0.05) is 12.1 Å². The lowest BCUT2D eigenvalue weighted by molar-refractivity contribution is 0.0991. The van der Waals surface area contributed by atoms with E-state index in [2.05, 4.69) is 10.6 Å². The van der Waals surface area contributed by atoms with Crippen molar-refractivity contribution in [2.45, 2.75) is 6.42 Å². The maximum atomic E-state index is 12.3. The largest absolute Gasteiger partial charge is 0.497 e. The summed E-state index contributed by atoms with van der Waals surface area (Å²) in [5.41, 5.74) is 2.81. The molecule has 0 radical (unpaired) electrons. The molecule has 0 aromatic heterocycles. The number of hydrogen-bond donors (Lipinski definition) is 2. The summed E-state index contributed by atoms with van der Waals surface area (Å²) in [6.07, 6.45) is 0.872. The van der Waals surface area contributed by atoms with Gasteiger partial charge in [-0.05, 0) is 48.9 Å². The van der Waals surface area contributed by atoms with Crippen LogP contribution in [0, 0.1) is 0 Å². The predicted octanol–water partition coefficient (Wildman–Crippen LogP) is 2.51. The molecule has 2 aromatic rings. The van der Waals surface area contributed by atoms with E-state index < -0.39 is 0 Å². The second-order valence-corrected chi connectivity index (χ2v) is 5.68. The molecular weight excluding hydrogens is 304 g/mol. The summed E-state index contributed by atoms with van der Waals surface area (Å²) in [5, 5.41) is 6.46. The Morgan fingerprint density at radius 1 is 1.25 bits per heavy atom. The highest BCUT2D eigenvalue weighted by molar-refractivity contribution is 5.98. The van der Waals surface area contributed by atoms with Crippen molar-refractivity contribution in [3.63, 3.8) is 0 Å². The molecule has 5 heteroatoms. The van der Waals surface area contributed by atoms with E-state index >= 15 is 0 Å². The third-order valence-corrected chi connectivity index (χ3v) is 4.01. The fourth-order valence-electron chi connectivity index (χ4n) is 2.64. The molecule has 2 aromatic carbocycles. The Morgan fingerprint density at radius 3 is 2.88 bits per heavy atom. The lowest BCUT2D eigenvalue weighted by Crippen LogP contribution is -2.25. The van der Waals surface area contributed by atoms with Crippen molar-refractivity contribution in [2.24, 2.45) is 0 Å². The van der Waals surface area contributed by atoms with Gasteiger partial charge in [-0.25, -0.2) is 0 Å². The molecule has 3 rings (SSSR count). The molecule has 0 saturated carbocycles. The first-order valence-corrected chi connectivity index (χ1v) is 8.14. The minimum atomic E-state index is 0.0832. The number of ether oxygens (including phenoxy) is 2. The number of anilines is 1. The van der Waals surface area contributed by atoms with Crippen LogP contribution >= 0.6 is 0 Å². The molecule has 0 bridgehead atoms. The van der Waals surface area contributed by atoms with Crippen LogP contribution in [0.25, 0.3) is 0 Å². The summed E-state index contributed by atoms with van der Waals surface area (Å²) in [6.45, 7) is 2.51. The van der Waals surface area contributed by atoms with Gasteiger partial charge in [-0.2, -0.15) is 0 Å². The third kappa shape index (κ3) is 4.06. The van der Waals surface area contributed by atoms with Crippen molar-refractivity contribution in [3.8, 4) is 11.5 Å². The summed E-state index contributed by atoms with van der Waals surface area (Å²) >= 11 is 0. The minimum absolute atomic E-state index is 0.0832. The minimum Gasteiger partial charge on any atom is -0.497 e. The number of Topliss-reactive ketones (excluding diaryl/α,β-unsaturated/α-hetero) is 1. The molecule has 1 aliphatic heterocycles. The summed E-state index contributed by atoms with van der Waals surface area (Å²) in [6, 6.07) is 13.5. The van der Waals surface area contributed by atoms with E-state index in [1.807, 2.05) is 42.5 Å². The van der Waals surface area contributed by atoms with E-state index in [9.17, 15) is 4.79 Å². The van der Waals surface area contributed by atoms with Gasteiger partial charge in [0.1, 0.15) is 18.1 Å². The highest BCUT2D eigenvalue weighted by Gasteiger charge is 2.13. The number of carbonyl (C=O) groups is 1. The standard InChI is InChI=1S/C19H22N2O3/c1-23-16-5-2-14(3-6-16)8-9-20-13-18(22)15-4-7-19-17(12-15)21-10-11-24-19/h2-7,12,20-21H,8-11,13H2,1H3. The first-order valence-electron chi connectivity index (χ1n) is 8.14. The fraction of sp³-hybridized carbons (Fsp3) is 0.316. The van der Waals surface area contributed by atoms with Crippen molar-refractivity contribution in [1.82, 2.24) is 5.32 Å². The molecule has 0 aliphatic carbocycles. The fourth-order valence-corrected chi connectivity index (χ4v) is 2.64. The second kappa shape index (κ2) is 7.84. The maximum absolute atomic E-state index is 12.3. The van der Waals surface area contributed by atoms with E-state index in [0.717, 1.165) is 36.7 Å². The molecule has 0 amide bonds. The number of carbonyl (C=O) groups excluding carboxylic acids is 1. The number of methoxy groups -OCH3 is 1. The van der Waals surface area contributed by atoms with Crippen molar-refractivity contribution >= 4 is 11.5 Å². The van der Waals surface area contributed by atoms with E-state index in [1.165, 1.54) is 5.56 Å². The quantitative estimate of drug-likeness (QED) is 0.605. The highest BCUT2D eigenvalue weighted by Crippen LogP contribution is 2.28. The second-order valence-electron chi connectivity index (χ2n) is 5.68. The molecule has 0 atom stereocenters. The molecule has 5 nitrogen and oxygen atoms in total. The van der Waals surface area contributed by atoms with Crippen LogP contribution in [0.4, 0.5) is 5.69 Å². The third-order valence-electron chi connectivity index (χ3n) is 4.01. The van der Waals surface area contributed by atoms with Crippen LogP contribution in [-0.2, 0) is 6.42 Å². The normalized spacial score (nSPS) is 12.7. The van der Waals surface area contributed by atoms with Gasteiger partial charge in [0.2, 0.25) is 0 Å². The summed E-state index contributed by atoms with van der Waals surface area (Å²) in [4.78, 5) is 12.3. The molecule has 2 N–H and O–H groups in total. The van der Waals surface area contributed by atoms with Crippen molar-refractivity contribution < 1.29 is 14.3 Å². The van der Waals surface area contributed by atoms with Gasteiger partial charge < -0.3 is 20.1 Å². The van der Waals surface area contributed by atoms with Crippen LogP contribution in [0.2, 0.25) is 0 Å². The van der Waals surface area contributed by atoms with Gasteiger partial charge >= 0.3 is 0 Å². The van der Waals surface area contributed by atoms with Crippen molar-refractivity contribution in [3.05, 3.63) is 53.6 Å². The van der Waals surface area contributed by atoms with Gasteiger partial charge in [0.15, 0.2) is 5.78 Å². The zero-order valence-electron chi connectivity index (χ0n) is 13.8. The van der Waals surface area contributed by atoms with E-state index in [4.69, 9.17) is 9.47 Å². The molecule has 126 valence electrons. The lowest BCUT2D eigenvalue weighted by atomic mass is 10.1. The lowest BCUT2D eigenvalue weighted by Gasteiger charge is -2.19. The van der Waals surface area contributed by atoms with Gasteiger partial charge in [-0.1, -0.05) is 12.1 Å². The van der Waals surface area contributed by atoms with E-state index in [0.29, 0.717) is 18.7 Å². The topological polar surface area (TPSA) is 59.6 Å². The molecule has 24 heavy (non-hydrogen) atoms. The van der Waals surface area contributed by atoms with E-state index in [-0.39, 0.29) is 5.78 Å². The maximum Gasteiger partial charge on any atom is 0.176 e. The molecule has 0 saturated heterocycles. The average molecular weight is 326 g/mol. The average Bonchev–Trinajstić information content (AvgIpc) is 2.65. The highest BCUT2D eigenvalue weighted by atomic mass is 16.5. The monoisotopic (exact) mass is 326 g/mol. The Bertz CT molecular complexity index is 698. The predicted molar refractivity (Wildman–Crippen MR) is 94.3 cm³/mol. The van der Waals surface area contributed by atoms with Crippen LogP contribution in [0.3, 0.4) is 0 Å². The Kier molecular flexibility index (Phi) is 5.33. The number of hydrogen-bond acceptors (Lipinski definition) is 5. The molecule has 1 aliphatic rings. The first-order chi connectivity index (χ1) is 11.8. The summed E-state index contributed by atoms with van der Waals surface area (Å²) in [7, 11) is 1.66. The Labute approximate surface area is 142 Å². The number of ketones is 1. The van der Waals surface area contributed by atoms with Gasteiger partial charge in [0.05, 0.1) is 19.3 Å². The SMILES string of the molecule is COc1ccc(CCNCC(=O)c2ccc3c(c2)NCCO3)cc1. The molecule has 0 spiro atoms. The number of fused-ring (bicyclic) bond motifs is 1. The van der Waals surface area contributed by atoms with Crippen LogP contribution in [0.1, 0.15) is 15.9 Å². The Balaban J connectivity index is 1.47. The van der Waals surface area contributed by atoms with Crippen LogP contribution in [0.15, 0.2) is 42.5 Å². The zero-order valence-corrected chi connectivity index (χ0v) is 13.8. The van der Waals surface area contributed by atoms with Crippen molar-refractivity contribution in [1.29, 1.82) is 0 Å².